The number of hydrogen-bond acceptors (Lipinski definition) is 6. The average molecular weight is 418 g/mol. The fourth-order valence-electron chi connectivity index (χ4n) is 3.51. The molecule has 7 nitrogen and oxygen atoms in total. The molecule has 0 bridgehead atoms. The molecule has 2 aliphatic rings. The summed E-state index contributed by atoms with van der Waals surface area (Å²) in [5.41, 5.74) is 0.601. The minimum atomic E-state index is -0.986. The molecule has 0 aliphatic carbocycles. The highest BCUT2D eigenvalue weighted by Gasteiger charge is 2.35. The molecular weight excluding hydrogens is 397 g/mol. The molecule has 3 rings (SSSR count). The summed E-state index contributed by atoms with van der Waals surface area (Å²) in [6, 6.07) is 2.92. The average Bonchev–Trinajstić information content (AvgIpc) is 2.62. The van der Waals surface area contributed by atoms with Crippen molar-refractivity contribution in [2.24, 2.45) is 0 Å². The molecule has 0 aromatic heterocycles. The number of hydrogen-bond donors (Lipinski definition) is 0. The minimum absolute atomic E-state index is 0.0983. The van der Waals surface area contributed by atoms with E-state index in [0.29, 0.717) is 36.3 Å². The van der Waals surface area contributed by atoms with Crippen molar-refractivity contribution in [2.75, 3.05) is 51.4 Å². The number of anilines is 1. The first kappa shape index (κ1) is 18.3. The highest BCUT2D eigenvalue weighted by Crippen LogP contribution is 2.39. The lowest BCUT2D eigenvalue weighted by atomic mass is 10.00. The van der Waals surface area contributed by atoms with Crippen LogP contribution < -0.4 is 9.64 Å². The summed E-state index contributed by atoms with van der Waals surface area (Å²) in [6.45, 7) is 3.76. The van der Waals surface area contributed by atoms with Crippen LogP contribution >= 0.6 is 15.9 Å². The van der Waals surface area contributed by atoms with E-state index in [0.717, 1.165) is 13.1 Å². The van der Waals surface area contributed by atoms with E-state index < -0.39 is 11.1 Å². The molecule has 0 N–H and O–H groups in total. The topological polar surface area (TPSA) is 68.1 Å². The third-order valence-electron chi connectivity index (χ3n) is 4.81. The number of benzene rings is 1. The summed E-state index contributed by atoms with van der Waals surface area (Å²) < 4.78 is 25.8. The van der Waals surface area contributed by atoms with Gasteiger partial charge in [0.2, 0.25) is 0 Å². The molecule has 2 atom stereocenters. The molecule has 1 aromatic carbocycles. The van der Waals surface area contributed by atoms with Crippen LogP contribution in [0.4, 0.5) is 15.8 Å². The van der Waals surface area contributed by atoms with Gasteiger partial charge in [0, 0.05) is 42.3 Å². The second kappa shape index (κ2) is 7.84. The van der Waals surface area contributed by atoms with Crippen LogP contribution in [0.25, 0.3) is 0 Å². The van der Waals surface area contributed by atoms with Gasteiger partial charge in [-0.15, -0.1) is 0 Å². The summed E-state index contributed by atoms with van der Waals surface area (Å²) in [4.78, 5) is 14.7. The van der Waals surface area contributed by atoms with Crippen molar-refractivity contribution in [1.29, 1.82) is 0 Å². The lowest BCUT2D eigenvalue weighted by Gasteiger charge is -2.43. The number of halogens is 2. The highest BCUT2D eigenvalue weighted by atomic mass is 79.9. The Morgan fingerprint density at radius 1 is 1.36 bits per heavy atom. The van der Waals surface area contributed by atoms with E-state index in [1.54, 1.807) is 6.07 Å². The minimum Gasteiger partial charge on any atom is -0.490 e. The maximum atomic E-state index is 14.8. The Morgan fingerprint density at radius 2 is 2.08 bits per heavy atom. The zero-order valence-corrected chi connectivity index (χ0v) is 15.6. The van der Waals surface area contributed by atoms with Gasteiger partial charge in [-0.05, 0) is 22.4 Å². The molecule has 0 radical (unpaired) electrons. The zero-order chi connectivity index (χ0) is 18.0. The molecule has 1 aromatic rings. The molecule has 9 heteroatoms. The monoisotopic (exact) mass is 417 g/mol. The zero-order valence-electron chi connectivity index (χ0n) is 14.0. The van der Waals surface area contributed by atoms with E-state index >= 15 is 0 Å². The fraction of sp³-hybridized carbons (Fsp3) is 0.625. The Balaban J connectivity index is 1.76. The summed E-state index contributed by atoms with van der Waals surface area (Å²) in [5.74, 6) is 0.175. The largest absolute Gasteiger partial charge is 0.490 e. The molecule has 25 heavy (non-hydrogen) atoms. The van der Waals surface area contributed by atoms with Gasteiger partial charge in [-0.3, -0.25) is 15.0 Å². The first-order valence-electron chi connectivity index (χ1n) is 8.24. The van der Waals surface area contributed by atoms with Crippen molar-refractivity contribution in [3.63, 3.8) is 0 Å². The van der Waals surface area contributed by atoms with E-state index in [1.807, 2.05) is 4.90 Å². The molecule has 2 saturated heterocycles. The number of nitrogens with zero attached hydrogens (tertiary/aromatic N) is 3. The molecule has 2 aliphatic heterocycles. The maximum Gasteiger partial charge on any atom is 0.312 e. The van der Waals surface area contributed by atoms with Crippen LogP contribution in [-0.2, 0) is 4.74 Å². The molecule has 2 heterocycles. The summed E-state index contributed by atoms with van der Waals surface area (Å²) in [5, 5.41) is 11.1. The van der Waals surface area contributed by atoms with Gasteiger partial charge < -0.3 is 14.4 Å². The van der Waals surface area contributed by atoms with Crippen LogP contribution in [0.3, 0.4) is 0 Å². The summed E-state index contributed by atoms with van der Waals surface area (Å²) >= 11 is 3.37. The van der Waals surface area contributed by atoms with Crippen LogP contribution in [0.1, 0.15) is 6.42 Å². The van der Waals surface area contributed by atoms with Crippen molar-refractivity contribution >= 4 is 27.3 Å². The van der Waals surface area contributed by atoms with Crippen molar-refractivity contribution < 1.29 is 18.8 Å². The van der Waals surface area contributed by atoms with Crippen LogP contribution in [0.15, 0.2) is 16.6 Å². The fourth-order valence-corrected chi connectivity index (χ4v) is 4.09. The first-order valence-corrected chi connectivity index (χ1v) is 9.03. The Kier molecular flexibility index (Phi) is 5.75. The quantitative estimate of drug-likeness (QED) is 0.553. The van der Waals surface area contributed by atoms with E-state index in [4.69, 9.17) is 9.47 Å². The molecule has 138 valence electrons. The number of ether oxygens (including phenoxy) is 2. The van der Waals surface area contributed by atoms with Crippen LogP contribution in [0.5, 0.6) is 5.75 Å². The predicted molar refractivity (Wildman–Crippen MR) is 95.3 cm³/mol. The van der Waals surface area contributed by atoms with Crippen molar-refractivity contribution in [3.05, 3.63) is 26.7 Å². The van der Waals surface area contributed by atoms with Gasteiger partial charge in [0.05, 0.1) is 37.5 Å². The van der Waals surface area contributed by atoms with Gasteiger partial charge in [0.25, 0.3) is 0 Å². The van der Waals surface area contributed by atoms with Crippen molar-refractivity contribution in [2.45, 2.75) is 18.6 Å². The van der Waals surface area contributed by atoms with Crippen LogP contribution in [-0.4, -0.2) is 68.5 Å². The number of methoxy groups -OCH3 is 1. The smallest absolute Gasteiger partial charge is 0.312 e. The molecular formula is C16H21BrFN3O4. The Bertz CT molecular complexity index is 642. The molecule has 0 spiro atoms. The first-order chi connectivity index (χ1) is 12.0. The van der Waals surface area contributed by atoms with Gasteiger partial charge in [0.1, 0.15) is 6.17 Å². The Morgan fingerprint density at radius 3 is 2.68 bits per heavy atom. The van der Waals surface area contributed by atoms with Gasteiger partial charge in [0.15, 0.2) is 5.75 Å². The number of alkyl halides is 1. The lowest BCUT2D eigenvalue weighted by molar-refractivity contribution is -0.385. The Hall–Kier alpha value is -1.45. The maximum absolute atomic E-state index is 14.8. The number of rotatable bonds is 4. The van der Waals surface area contributed by atoms with Gasteiger partial charge in [-0.25, -0.2) is 4.39 Å². The van der Waals surface area contributed by atoms with E-state index in [1.165, 1.54) is 13.2 Å². The number of nitro benzene ring substituents is 1. The lowest BCUT2D eigenvalue weighted by Crippen LogP contribution is -2.55. The van der Waals surface area contributed by atoms with Crippen LogP contribution in [0.2, 0.25) is 0 Å². The number of morpholine rings is 1. The van der Waals surface area contributed by atoms with E-state index in [-0.39, 0.29) is 24.0 Å². The summed E-state index contributed by atoms with van der Waals surface area (Å²) in [6.07, 6.45) is -0.285. The standard InChI is InChI=1S/C16H21BrFN3O4/c1-24-16-9-14(11(17)8-15(16)21(22)23)20-3-2-13(12(18)10-20)19-4-6-25-7-5-19/h8-9,12-13H,2-7,10H2,1H3. The molecule has 0 saturated carbocycles. The number of piperidine rings is 1. The SMILES string of the molecule is COc1cc(N2CCC(N3CCOCC3)C(F)C2)c(Br)cc1[N+](=O)[O-]. The highest BCUT2D eigenvalue weighted by molar-refractivity contribution is 9.10. The molecule has 2 unspecified atom stereocenters. The second-order valence-electron chi connectivity index (χ2n) is 6.20. The molecule has 2 fully saturated rings. The van der Waals surface area contributed by atoms with Crippen molar-refractivity contribution in [1.82, 2.24) is 4.90 Å². The predicted octanol–water partition coefficient (Wildman–Crippen LogP) is 2.61. The van der Waals surface area contributed by atoms with E-state index in [2.05, 4.69) is 20.8 Å². The Labute approximate surface area is 154 Å². The second-order valence-corrected chi connectivity index (χ2v) is 7.05. The van der Waals surface area contributed by atoms with E-state index in [9.17, 15) is 14.5 Å². The number of nitro groups is 1. The van der Waals surface area contributed by atoms with Gasteiger partial charge >= 0.3 is 5.69 Å². The van der Waals surface area contributed by atoms with Gasteiger partial charge in [-0.1, -0.05) is 0 Å². The third-order valence-corrected chi connectivity index (χ3v) is 5.44. The normalized spacial score (nSPS) is 25.0. The molecule has 0 amide bonds. The van der Waals surface area contributed by atoms with Gasteiger partial charge in [-0.2, -0.15) is 0 Å². The summed E-state index contributed by atoms with van der Waals surface area (Å²) in [7, 11) is 1.39. The van der Waals surface area contributed by atoms with Crippen LogP contribution in [0, 0.1) is 10.1 Å². The van der Waals surface area contributed by atoms with Crippen molar-refractivity contribution in [3.8, 4) is 5.75 Å². The third kappa shape index (κ3) is 3.88.